The first kappa shape index (κ1) is 16.9. The van der Waals surface area contributed by atoms with Crippen LogP contribution in [0.4, 0.5) is 8.78 Å². The van der Waals surface area contributed by atoms with Crippen molar-refractivity contribution in [3.05, 3.63) is 35.4 Å². The molecule has 1 aromatic carbocycles. The fraction of sp³-hybridized carbons (Fsp3) is 0.500. The van der Waals surface area contributed by atoms with E-state index in [-0.39, 0.29) is 23.9 Å². The Morgan fingerprint density at radius 2 is 2.00 bits per heavy atom. The van der Waals surface area contributed by atoms with Gasteiger partial charge in [-0.3, -0.25) is 4.79 Å². The highest BCUT2D eigenvalue weighted by Crippen LogP contribution is 2.19. The number of nitrogens with zero attached hydrogens (tertiary/aromatic N) is 1. The Kier molecular flexibility index (Phi) is 6.36. The van der Waals surface area contributed by atoms with Crippen molar-refractivity contribution in [1.29, 1.82) is 0 Å². The molecule has 1 aliphatic heterocycles. The molecule has 0 aliphatic carbocycles. The Bertz CT molecular complexity index is 462. The fourth-order valence-electron chi connectivity index (χ4n) is 2.46. The van der Waals surface area contributed by atoms with Gasteiger partial charge in [0.1, 0.15) is 11.6 Å². The zero-order valence-electron chi connectivity index (χ0n) is 11.4. The second kappa shape index (κ2) is 7.55. The van der Waals surface area contributed by atoms with Crippen molar-refractivity contribution in [3.8, 4) is 0 Å². The average molecular weight is 305 g/mol. The van der Waals surface area contributed by atoms with E-state index in [9.17, 15) is 13.6 Å². The van der Waals surface area contributed by atoms with E-state index >= 15 is 0 Å². The van der Waals surface area contributed by atoms with Crippen LogP contribution in [0.3, 0.4) is 0 Å². The number of halogens is 3. The topological polar surface area (TPSA) is 32.3 Å². The molecular weight excluding hydrogens is 286 g/mol. The lowest BCUT2D eigenvalue weighted by molar-refractivity contribution is 0.0686. The maximum Gasteiger partial charge on any atom is 0.256 e. The second-order valence-electron chi connectivity index (χ2n) is 4.92. The summed E-state index contributed by atoms with van der Waals surface area (Å²) in [7, 11) is 1.91. The zero-order chi connectivity index (χ0) is 13.8. The molecular formula is C14H19ClF2N2O. The third-order valence-electron chi connectivity index (χ3n) is 3.56. The molecule has 0 aromatic heterocycles. The van der Waals surface area contributed by atoms with Crippen LogP contribution in [0.5, 0.6) is 0 Å². The van der Waals surface area contributed by atoms with Gasteiger partial charge in [-0.1, -0.05) is 0 Å². The Morgan fingerprint density at radius 1 is 1.35 bits per heavy atom. The van der Waals surface area contributed by atoms with Crippen molar-refractivity contribution in [3.63, 3.8) is 0 Å². The van der Waals surface area contributed by atoms with Crippen molar-refractivity contribution < 1.29 is 13.6 Å². The van der Waals surface area contributed by atoms with Crippen LogP contribution in [0, 0.1) is 17.6 Å². The van der Waals surface area contributed by atoms with Gasteiger partial charge < -0.3 is 10.2 Å². The highest BCUT2D eigenvalue weighted by Gasteiger charge is 2.24. The number of nitrogens with one attached hydrogen (secondary N) is 1. The highest BCUT2D eigenvalue weighted by molar-refractivity contribution is 5.94. The normalized spacial score (nSPS) is 15.8. The summed E-state index contributed by atoms with van der Waals surface area (Å²) in [6.07, 6.45) is 1.82. The van der Waals surface area contributed by atoms with Crippen LogP contribution in [0.2, 0.25) is 0 Å². The van der Waals surface area contributed by atoms with Crippen molar-refractivity contribution >= 4 is 18.3 Å². The molecule has 0 radical (unpaired) electrons. The molecule has 3 nitrogen and oxygen atoms in total. The Labute approximate surface area is 123 Å². The molecule has 20 heavy (non-hydrogen) atoms. The molecule has 2 rings (SSSR count). The predicted molar refractivity (Wildman–Crippen MR) is 76.2 cm³/mol. The number of hydrogen-bond acceptors (Lipinski definition) is 2. The number of carbonyl (C=O) groups excluding carboxylic acids is 1. The molecule has 1 saturated heterocycles. The quantitative estimate of drug-likeness (QED) is 0.930. The standard InChI is InChI=1S/C14H18F2N2O.ClH/c1-17-9-10-4-6-18(7-5-10)14(19)12-3-2-11(15)8-13(12)16;/h2-3,8,10,17H,4-7,9H2,1H3;1H. The van der Waals surface area contributed by atoms with Crippen LogP contribution in [0.15, 0.2) is 18.2 Å². The maximum absolute atomic E-state index is 13.6. The van der Waals surface area contributed by atoms with Gasteiger partial charge in [0.15, 0.2) is 0 Å². The van der Waals surface area contributed by atoms with Crippen molar-refractivity contribution in [2.45, 2.75) is 12.8 Å². The summed E-state index contributed by atoms with van der Waals surface area (Å²) in [5, 5.41) is 3.12. The summed E-state index contributed by atoms with van der Waals surface area (Å²) >= 11 is 0. The second-order valence-corrected chi connectivity index (χ2v) is 4.92. The van der Waals surface area contributed by atoms with E-state index in [1.807, 2.05) is 7.05 Å². The van der Waals surface area contributed by atoms with Gasteiger partial charge in [0.05, 0.1) is 5.56 Å². The smallest absolute Gasteiger partial charge is 0.256 e. The molecule has 6 heteroatoms. The van der Waals surface area contributed by atoms with Gasteiger partial charge in [-0.05, 0) is 44.5 Å². The number of rotatable bonds is 3. The van der Waals surface area contributed by atoms with E-state index in [1.54, 1.807) is 4.90 Å². The Balaban J connectivity index is 0.00000200. The Hall–Kier alpha value is -1.20. The third kappa shape index (κ3) is 3.90. The molecule has 1 heterocycles. The molecule has 0 unspecified atom stereocenters. The van der Waals surface area contributed by atoms with Crippen LogP contribution in [-0.2, 0) is 0 Å². The van der Waals surface area contributed by atoms with Gasteiger partial charge in [0.25, 0.3) is 5.91 Å². The molecule has 112 valence electrons. The number of amides is 1. The first-order valence-electron chi connectivity index (χ1n) is 6.50. The van der Waals surface area contributed by atoms with Crippen molar-refractivity contribution in [2.75, 3.05) is 26.7 Å². The van der Waals surface area contributed by atoms with Crippen LogP contribution in [-0.4, -0.2) is 37.5 Å². The molecule has 1 aliphatic rings. The van der Waals surface area contributed by atoms with Crippen LogP contribution in [0.25, 0.3) is 0 Å². The van der Waals surface area contributed by atoms with Crippen molar-refractivity contribution in [1.82, 2.24) is 10.2 Å². The van der Waals surface area contributed by atoms with Gasteiger partial charge >= 0.3 is 0 Å². The van der Waals surface area contributed by atoms with E-state index in [0.29, 0.717) is 19.0 Å². The van der Waals surface area contributed by atoms with E-state index in [0.717, 1.165) is 31.5 Å². The van der Waals surface area contributed by atoms with E-state index in [2.05, 4.69) is 5.32 Å². The minimum absolute atomic E-state index is 0. The number of benzene rings is 1. The molecule has 1 amide bonds. The van der Waals surface area contributed by atoms with Gasteiger partial charge in [-0.2, -0.15) is 0 Å². The summed E-state index contributed by atoms with van der Waals surface area (Å²) < 4.78 is 26.4. The summed E-state index contributed by atoms with van der Waals surface area (Å²) in [5.41, 5.74) is -0.0477. The van der Waals surface area contributed by atoms with Gasteiger partial charge in [-0.25, -0.2) is 8.78 Å². The van der Waals surface area contributed by atoms with Gasteiger partial charge in [0, 0.05) is 19.2 Å². The van der Waals surface area contributed by atoms with Gasteiger partial charge in [0.2, 0.25) is 0 Å². The molecule has 0 spiro atoms. The van der Waals surface area contributed by atoms with Crippen molar-refractivity contribution in [2.24, 2.45) is 5.92 Å². The van der Waals surface area contributed by atoms with Crippen LogP contribution in [0.1, 0.15) is 23.2 Å². The number of hydrogen-bond donors (Lipinski definition) is 1. The lowest BCUT2D eigenvalue weighted by Crippen LogP contribution is -2.40. The average Bonchev–Trinajstić information content (AvgIpc) is 2.39. The van der Waals surface area contributed by atoms with Gasteiger partial charge in [-0.15, -0.1) is 12.4 Å². The molecule has 0 atom stereocenters. The SMILES string of the molecule is CNCC1CCN(C(=O)c2ccc(F)cc2F)CC1.Cl. The van der Waals surface area contributed by atoms with Crippen LogP contribution < -0.4 is 5.32 Å². The first-order chi connectivity index (χ1) is 9.11. The molecule has 0 saturated carbocycles. The molecule has 1 fully saturated rings. The minimum Gasteiger partial charge on any atom is -0.339 e. The van der Waals surface area contributed by atoms with E-state index in [1.165, 1.54) is 6.07 Å². The number of carbonyl (C=O) groups is 1. The summed E-state index contributed by atoms with van der Waals surface area (Å²) in [4.78, 5) is 13.8. The predicted octanol–water partition coefficient (Wildman–Crippen LogP) is 2.46. The molecule has 1 aromatic rings. The van der Waals surface area contributed by atoms with Crippen LogP contribution >= 0.6 is 12.4 Å². The third-order valence-corrected chi connectivity index (χ3v) is 3.56. The number of piperidine rings is 1. The Morgan fingerprint density at radius 3 is 2.55 bits per heavy atom. The maximum atomic E-state index is 13.6. The highest BCUT2D eigenvalue weighted by atomic mass is 35.5. The molecule has 0 bridgehead atoms. The fourth-order valence-corrected chi connectivity index (χ4v) is 2.46. The monoisotopic (exact) mass is 304 g/mol. The lowest BCUT2D eigenvalue weighted by atomic mass is 9.96. The minimum atomic E-state index is -0.789. The summed E-state index contributed by atoms with van der Waals surface area (Å²) in [6, 6.07) is 3.08. The summed E-state index contributed by atoms with van der Waals surface area (Å²) in [6.45, 7) is 2.19. The molecule has 1 N–H and O–H groups in total. The lowest BCUT2D eigenvalue weighted by Gasteiger charge is -2.32. The first-order valence-corrected chi connectivity index (χ1v) is 6.50. The number of likely N-dealkylation sites (tertiary alicyclic amines) is 1. The van der Waals surface area contributed by atoms with E-state index in [4.69, 9.17) is 0 Å². The van der Waals surface area contributed by atoms with E-state index < -0.39 is 11.6 Å². The zero-order valence-corrected chi connectivity index (χ0v) is 12.2. The largest absolute Gasteiger partial charge is 0.339 e. The summed E-state index contributed by atoms with van der Waals surface area (Å²) in [5.74, 6) is -1.24.